The number of non-ortho nitro benzene ring substituents is 1. The second kappa shape index (κ2) is 9.36. The van der Waals surface area contributed by atoms with Gasteiger partial charge in [0, 0.05) is 30.3 Å². The Morgan fingerprint density at radius 3 is 2.65 bits per heavy atom. The van der Waals surface area contributed by atoms with Gasteiger partial charge in [0.25, 0.3) is 11.2 Å². The zero-order valence-electron chi connectivity index (χ0n) is 18.3. The fourth-order valence-electron chi connectivity index (χ4n) is 3.08. The van der Waals surface area contributed by atoms with Crippen molar-refractivity contribution in [3.05, 3.63) is 92.6 Å². The molecule has 0 radical (unpaired) electrons. The van der Waals surface area contributed by atoms with Crippen molar-refractivity contribution in [1.29, 1.82) is 0 Å². The summed E-state index contributed by atoms with van der Waals surface area (Å²) in [5.74, 6) is 0.396. The van der Waals surface area contributed by atoms with Crippen LogP contribution in [0, 0.1) is 10.1 Å². The first-order valence-electron chi connectivity index (χ1n) is 10.3. The maximum absolute atomic E-state index is 12.6. The summed E-state index contributed by atoms with van der Waals surface area (Å²) >= 11 is 0. The van der Waals surface area contributed by atoms with Gasteiger partial charge in [0.15, 0.2) is 5.76 Å². The van der Waals surface area contributed by atoms with Gasteiger partial charge in [-0.25, -0.2) is 4.98 Å². The predicted molar refractivity (Wildman–Crippen MR) is 125 cm³/mol. The van der Waals surface area contributed by atoms with Crippen LogP contribution in [0.15, 0.2) is 70.1 Å². The fraction of sp³-hybridized carbons (Fsp3) is 0.130. The lowest BCUT2D eigenvalue weighted by molar-refractivity contribution is -0.384. The quantitative estimate of drug-likeness (QED) is 0.241. The number of carbonyl (C=O) groups is 1. The maximum atomic E-state index is 12.6. The molecule has 1 aromatic carbocycles. The standard InChI is InChI=1S/C23H20N6O5/c1-14(2)17-13-22(31)26-23(24-17)28-20(12-18(27-28)19-4-3-11-34-19)25-21(30)10-7-15-5-8-16(9-6-15)29(32)33/h3-14H,1-2H3,(H,25,30)(H,24,26,31)/b10-7-. The molecule has 4 rings (SSSR count). The molecule has 0 spiro atoms. The summed E-state index contributed by atoms with van der Waals surface area (Å²) in [6.45, 7) is 3.82. The monoisotopic (exact) mass is 460 g/mol. The lowest BCUT2D eigenvalue weighted by Crippen LogP contribution is -2.18. The van der Waals surface area contributed by atoms with Crippen LogP contribution in [0.2, 0.25) is 0 Å². The Labute approximate surface area is 192 Å². The number of carbonyl (C=O) groups excluding carboxylic acids is 1. The number of hydrogen-bond acceptors (Lipinski definition) is 7. The predicted octanol–water partition coefficient (Wildman–Crippen LogP) is 3.90. The zero-order chi connectivity index (χ0) is 24.2. The third-order valence-corrected chi connectivity index (χ3v) is 4.81. The first-order chi connectivity index (χ1) is 16.3. The van der Waals surface area contributed by atoms with Gasteiger partial charge in [-0.15, -0.1) is 0 Å². The average molecular weight is 460 g/mol. The summed E-state index contributed by atoms with van der Waals surface area (Å²) in [5, 5.41) is 17.9. The molecule has 11 heteroatoms. The highest BCUT2D eigenvalue weighted by molar-refractivity contribution is 6.01. The van der Waals surface area contributed by atoms with Crippen LogP contribution in [0.1, 0.15) is 31.0 Å². The van der Waals surface area contributed by atoms with Crippen LogP contribution in [0.4, 0.5) is 11.5 Å². The van der Waals surface area contributed by atoms with Gasteiger partial charge in [-0.05, 0) is 41.8 Å². The third-order valence-electron chi connectivity index (χ3n) is 4.81. The molecule has 3 heterocycles. The van der Waals surface area contributed by atoms with E-state index >= 15 is 0 Å². The van der Waals surface area contributed by atoms with E-state index in [0.717, 1.165) is 0 Å². The molecule has 0 saturated carbocycles. The number of rotatable bonds is 7. The van der Waals surface area contributed by atoms with Gasteiger partial charge in [-0.1, -0.05) is 13.8 Å². The van der Waals surface area contributed by atoms with Gasteiger partial charge in [0.2, 0.25) is 11.9 Å². The molecule has 11 nitrogen and oxygen atoms in total. The van der Waals surface area contributed by atoms with Crippen LogP contribution < -0.4 is 10.9 Å². The number of nitro benzene ring substituents is 1. The van der Waals surface area contributed by atoms with Crippen molar-refractivity contribution in [3.63, 3.8) is 0 Å². The number of anilines is 1. The largest absolute Gasteiger partial charge is 0.463 e. The van der Waals surface area contributed by atoms with E-state index in [1.807, 2.05) is 13.8 Å². The SMILES string of the molecule is CC(C)c1cc(=O)[nH]c(-n2nc(-c3ccco3)cc2NC(=O)/C=C\c2ccc([N+](=O)[O-])cc2)n1. The Hall–Kier alpha value is -4.80. The van der Waals surface area contributed by atoms with E-state index in [1.165, 1.54) is 53.4 Å². The highest BCUT2D eigenvalue weighted by Crippen LogP contribution is 2.24. The molecular weight excluding hydrogens is 440 g/mol. The van der Waals surface area contributed by atoms with Gasteiger partial charge in [-0.2, -0.15) is 9.78 Å². The molecule has 2 N–H and O–H groups in total. The normalized spacial score (nSPS) is 11.3. The molecule has 0 aliphatic carbocycles. The van der Waals surface area contributed by atoms with Crippen LogP contribution in [-0.2, 0) is 4.79 Å². The van der Waals surface area contributed by atoms with Gasteiger partial charge >= 0.3 is 0 Å². The second-order valence-corrected chi connectivity index (χ2v) is 7.62. The molecule has 0 bridgehead atoms. The maximum Gasteiger partial charge on any atom is 0.269 e. The first kappa shape index (κ1) is 22.4. The minimum Gasteiger partial charge on any atom is -0.463 e. The molecule has 3 aromatic heterocycles. The summed E-state index contributed by atoms with van der Waals surface area (Å²) < 4.78 is 6.73. The molecular formula is C23H20N6O5. The molecule has 0 fully saturated rings. The van der Waals surface area contributed by atoms with E-state index in [4.69, 9.17) is 4.42 Å². The van der Waals surface area contributed by atoms with Crippen LogP contribution in [-0.4, -0.2) is 30.6 Å². The van der Waals surface area contributed by atoms with Crippen LogP contribution in [0.3, 0.4) is 0 Å². The minimum absolute atomic E-state index is 0.00354. The number of furan rings is 1. The van der Waals surface area contributed by atoms with E-state index in [2.05, 4.69) is 20.4 Å². The number of aromatic nitrogens is 4. The van der Waals surface area contributed by atoms with Crippen LogP contribution in [0.25, 0.3) is 23.5 Å². The highest BCUT2D eigenvalue weighted by atomic mass is 16.6. The lowest BCUT2D eigenvalue weighted by atomic mass is 10.1. The first-order valence-corrected chi connectivity index (χ1v) is 10.3. The number of nitrogens with one attached hydrogen (secondary N) is 2. The van der Waals surface area contributed by atoms with Gasteiger partial charge in [-0.3, -0.25) is 24.7 Å². The molecule has 0 unspecified atom stereocenters. The summed E-state index contributed by atoms with van der Waals surface area (Å²) in [5.41, 5.74) is 1.22. The molecule has 0 aliphatic rings. The van der Waals surface area contributed by atoms with Crippen molar-refractivity contribution in [1.82, 2.24) is 19.7 Å². The van der Waals surface area contributed by atoms with Crippen LogP contribution in [0.5, 0.6) is 0 Å². The summed E-state index contributed by atoms with van der Waals surface area (Å²) in [6, 6.07) is 12.2. The smallest absolute Gasteiger partial charge is 0.269 e. The van der Waals surface area contributed by atoms with Crippen molar-refractivity contribution in [3.8, 4) is 17.4 Å². The number of nitro groups is 1. The van der Waals surface area contributed by atoms with E-state index < -0.39 is 10.8 Å². The summed E-state index contributed by atoms with van der Waals surface area (Å²) in [7, 11) is 0. The Bertz CT molecular complexity index is 1420. The van der Waals surface area contributed by atoms with Gasteiger partial charge < -0.3 is 9.73 Å². The molecule has 172 valence electrons. The average Bonchev–Trinajstić information content (AvgIpc) is 3.48. The molecule has 0 saturated heterocycles. The Morgan fingerprint density at radius 2 is 2.00 bits per heavy atom. The van der Waals surface area contributed by atoms with Crippen molar-refractivity contribution in [2.24, 2.45) is 0 Å². The fourth-order valence-corrected chi connectivity index (χ4v) is 3.08. The van der Waals surface area contributed by atoms with Crippen molar-refractivity contribution in [2.75, 3.05) is 5.32 Å². The van der Waals surface area contributed by atoms with Crippen molar-refractivity contribution >= 4 is 23.5 Å². The number of hydrogen-bond donors (Lipinski definition) is 2. The molecule has 1 amide bonds. The molecule has 0 aliphatic heterocycles. The van der Waals surface area contributed by atoms with E-state index in [1.54, 1.807) is 18.2 Å². The minimum atomic E-state index is -0.495. The Morgan fingerprint density at radius 1 is 1.24 bits per heavy atom. The van der Waals surface area contributed by atoms with Gasteiger partial charge in [0.1, 0.15) is 11.5 Å². The van der Waals surface area contributed by atoms with Crippen molar-refractivity contribution < 1.29 is 14.1 Å². The lowest BCUT2D eigenvalue weighted by Gasteiger charge is -2.09. The van der Waals surface area contributed by atoms with Crippen LogP contribution >= 0.6 is 0 Å². The highest BCUT2D eigenvalue weighted by Gasteiger charge is 2.17. The number of aromatic amines is 1. The summed E-state index contributed by atoms with van der Waals surface area (Å²) in [4.78, 5) is 42.2. The van der Waals surface area contributed by atoms with Gasteiger partial charge in [0.05, 0.1) is 16.9 Å². The molecule has 4 aromatic rings. The second-order valence-electron chi connectivity index (χ2n) is 7.62. The zero-order valence-corrected chi connectivity index (χ0v) is 18.3. The van der Waals surface area contributed by atoms with E-state index in [-0.39, 0.29) is 28.9 Å². The topological polar surface area (TPSA) is 149 Å². The Kier molecular flexibility index (Phi) is 6.17. The number of benzene rings is 1. The van der Waals surface area contributed by atoms with E-state index in [0.29, 0.717) is 22.7 Å². The number of H-pyrrole nitrogens is 1. The van der Waals surface area contributed by atoms with E-state index in [9.17, 15) is 19.7 Å². The number of nitrogens with zero attached hydrogens (tertiary/aromatic N) is 4. The Balaban J connectivity index is 1.65. The third kappa shape index (κ3) is 4.99. The summed E-state index contributed by atoms with van der Waals surface area (Å²) in [6.07, 6.45) is 4.30. The molecule has 0 atom stereocenters. The number of amides is 1. The molecule has 34 heavy (non-hydrogen) atoms. The van der Waals surface area contributed by atoms with Crippen molar-refractivity contribution in [2.45, 2.75) is 19.8 Å².